The van der Waals surface area contributed by atoms with Gasteiger partial charge in [-0.3, -0.25) is 4.79 Å². The summed E-state index contributed by atoms with van der Waals surface area (Å²) >= 11 is 3.41. The topological polar surface area (TPSA) is 29.1 Å². The van der Waals surface area contributed by atoms with E-state index in [0.29, 0.717) is 0 Å². The van der Waals surface area contributed by atoms with Crippen molar-refractivity contribution in [3.05, 3.63) is 69.9 Å². The van der Waals surface area contributed by atoms with E-state index in [4.69, 9.17) is 0 Å². The molecule has 1 N–H and O–H groups in total. The number of amides is 1. The van der Waals surface area contributed by atoms with Crippen molar-refractivity contribution >= 4 is 21.8 Å². The van der Waals surface area contributed by atoms with Gasteiger partial charge in [0, 0.05) is 4.47 Å². The summed E-state index contributed by atoms with van der Waals surface area (Å²) in [6, 6.07) is 14.3. The fraction of sp³-hybridized carbons (Fsp3) is 0.316. The molecule has 0 bridgehead atoms. The van der Waals surface area contributed by atoms with Crippen LogP contribution in [-0.2, 0) is 10.2 Å². The maximum atomic E-state index is 13.6. The lowest BCUT2D eigenvalue weighted by atomic mass is 9.63. The molecule has 1 saturated carbocycles. The molecule has 2 nitrogen and oxygen atoms in total. The predicted octanol–water partition coefficient (Wildman–Crippen LogP) is 4.89. The number of nitrogens with one attached hydrogen (secondary N) is 1. The first-order valence-electron chi connectivity index (χ1n) is 7.84. The van der Waals surface area contributed by atoms with E-state index in [0.717, 1.165) is 34.9 Å². The van der Waals surface area contributed by atoms with Crippen LogP contribution in [0, 0.1) is 5.82 Å². The van der Waals surface area contributed by atoms with E-state index in [1.807, 2.05) is 37.3 Å². The summed E-state index contributed by atoms with van der Waals surface area (Å²) in [7, 11) is 0. The summed E-state index contributed by atoms with van der Waals surface area (Å²) in [6.45, 7) is 1.97. The zero-order valence-electron chi connectivity index (χ0n) is 13.0. The third-order valence-electron chi connectivity index (χ3n) is 4.74. The summed E-state index contributed by atoms with van der Waals surface area (Å²) in [4.78, 5) is 12.9. The van der Waals surface area contributed by atoms with Gasteiger partial charge in [-0.15, -0.1) is 0 Å². The van der Waals surface area contributed by atoms with E-state index in [1.165, 1.54) is 12.1 Å². The van der Waals surface area contributed by atoms with Gasteiger partial charge < -0.3 is 5.32 Å². The van der Waals surface area contributed by atoms with Crippen LogP contribution >= 0.6 is 15.9 Å². The molecular weight excluding hydrogens is 357 g/mol. The molecular formula is C19H19BrFNO. The highest BCUT2D eigenvalue weighted by Crippen LogP contribution is 2.44. The lowest BCUT2D eigenvalue weighted by Crippen LogP contribution is -2.49. The summed E-state index contributed by atoms with van der Waals surface area (Å²) < 4.78 is 14.6. The van der Waals surface area contributed by atoms with Crippen LogP contribution in [0.5, 0.6) is 0 Å². The van der Waals surface area contributed by atoms with Gasteiger partial charge in [0.2, 0.25) is 5.91 Å². The van der Waals surface area contributed by atoms with E-state index in [1.54, 1.807) is 6.07 Å². The summed E-state index contributed by atoms with van der Waals surface area (Å²) in [5.74, 6) is -0.299. The second-order valence-electron chi connectivity index (χ2n) is 6.19. The zero-order valence-corrected chi connectivity index (χ0v) is 14.6. The highest BCUT2D eigenvalue weighted by molar-refractivity contribution is 9.10. The second-order valence-corrected chi connectivity index (χ2v) is 7.11. The van der Waals surface area contributed by atoms with Crippen LogP contribution in [0.2, 0.25) is 0 Å². The molecule has 1 aliphatic carbocycles. The quantitative estimate of drug-likeness (QED) is 0.809. The van der Waals surface area contributed by atoms with Gasteiger partial charge in [0.15, 0.2) is 0 Å². The second kappa shape index (κ2) is 6.44. The highest BCUT2D eigenvalue weighted by atomic mass is 79.9. The van der Waals surface area contributed by atoms with Crippen LogP contribution in [0.15, 0.2) is 53.0 Å². The Labute approximate surface area is 144 Å². The minimum atomic E-state index is -0.578. The van der Waals surface area contributed by atoms with Crippen molar-refractivity contribution in [1.82, 2.24) is 5.32 Å². The Kier molecular flexibility index (Phi) is 4.53. The Bertz CT molecular complexity index is 710. The van der Waals surface area contributed by atoms with Crippen molar-refractivity contribution in [2.75, 3.05) is 0 Å². The summed E-state index contributed by atoms with van der Waals surface area (Å²) in [5.41, 5.74) is 1.26. The van der Waals surface area contributed by atoms with Gasteiger partial charge in [-0.2, -0.15) is 0 Å². The number of carbonyl (C=O) groups excluding carboxylic acids is 1. The van der Waals surface area contributed by atoms with Gasteiger partial charge in [0.25, 0.3) is 0 Å². The van der Waals surface area contributed by atoms with Crippen LogP contribution in [0.1, 0.15) is 43.4 Å². The maximum Gasteiger partial charge on any atom is 0.231 e. The molecule has 120 valence electrons. The Balaban J connectivity index is 1.79. The summed E-state index contributed by atoms with van der Waals surface area (Å²) in [6.07, 6.45) is 2.54. The highest BCUT2D eigenvalue weighted by Gasteiger charge is 2.46. The maximum absolute atomic E-state index is 13.6. The van der Waals surface area contributed by atoms with Gasteiger partial charge in [-0.25, -0.2) is 4.39 Å². The predicted molar refractivity (Wildman–Crippen MR) is 92.6 cm³/mol. The Morgan fingerprint density at radius 3 is 2.48 bits per heavy atom. The van der Waals surface area contributed by atoms with Gasteiger partial charge in [0.05, 0.1) is 11.5 Å². The molecule has 1 atom stereocenters. The number of hydrogen-bond acceptors (Lipinski definition) is 1. The molecule has 2 aromatic rings. The van der Waals surface area contributed by atoms with Gasteiger partial charge in [-0.05, 0) is 55.2 Å². The average Bonchev–Trinajstić information content (AvgIpc) is 2.46. The van der Waals surface area contributed by atoms with E-state index in [2.05, 4.69) is 21.2 Å². The minimum absolute atomic E-state index is 0.00947. The van der Waals surface area contributed by atoms with Crippen LogP contribution in [0.4, 0.5) is 4.39 Å². The molecule has 1 amide bonds. The van der Waals surface area contributed by atoms with Crippen molar-refractivity contribution in [3.63, 3.8) is 0 Å². The monoisotopic (exact) mass is 375 g/mol. The van der Waals surface area contributed by atoms with Crippen LogP contribution in [0.25, 0.3) is 0 Å². The molecule has 3 rings (SSSR count). The molecule has 0 heterocycles. The molecule has 1 aliphatic rings. The first kappa shape index (κ1) is 16.2. The fourth-order valence-electron chi connectivity index (χ4n) is 3.13. The Morgan fingerprint density at radius 1 is 1.22 bits per heavy atom. The minimum Gasteiger partial charge on any atom is -0.349 e. The van der Waals surface area contributed by atoms with Crippen molar-refractivity contribution < 1.29 is 9.18 Å². The molecule has 0 radical (unpaired) electrons. The van der Waals surface area contributed by atoms with Gasteiger partial charge >= 0.3 is 0 Å². The molecule has 4 heteroatoms. The zero-order chi connectivity index (χ0) is 16.4. The third-order valence-corrected chi connectivity index (χ3v) is 5.27. The standard InChI is InChI=1S/C19H19BrFNO/c1-13(14-6-8-16(20)9-7-14)22-18(23)19(10-3-11-19)15-4-2-5-17(21)12-15/h2,4-9,12-13H,3,10-11H2,1H3,(H,22,23). The lowest BCUT2D eigenvalue weighted by Gasteiger charge is -2.41. The molecule has 2 aromatic carbocycles. The lowest BCUT2D eigenvalue weighted by molar-refractivity contribution is -0.130. The summed E-state index contributed by atoms with van der Waals surface area (Å²) in [5, 5.41) is 3.10. The van der Waals surface area contributed by atoms with Gasteiger partial charge in [0.1, 0.15) is 5.82 Å². The number of carbonyl (C=O) groups is 1. The average molecular weight is 376 g/mol. The molecule has 23 heavy (non-hydrogen) atoms. The van der Waals surface area contributed by atoms with Gasteiger partial charge in [-0.1, -0.05) is 46.6 Å². The van der Waals surface area contributed by atoms with E-state index in [-0.39, 0.29) is 17.8 Å². The SMILES string of the molecule is CC(NC(=O)C1(c2cccc(F)c2)CCC1)c1ccc(Br)cc1. The Hall–Kier alpha value is -1.68. The van der Waals surface area contributed by atoms with Crippen molar-refractivity contribution in [2.24, 2.45) is 0 Å². The molecule has 1 unspecified atom stereocenters. The number of halogens is 2. The first-order chi connectivity index (χ1) is 11.0. The fourth-order valence-corrected chi connectivity index (χ4v) is 3.40. The third kappa shape index (κ3) is 3.18. The number of rotatable bonds is 4. The molecule has 0 spiro atoms. The molecule has 1 fully saturated rings. The van der Waals surface area contributed by atoms with E-state index >= 15 is 0 Å². The van der Waals surface area contributed by atoms with Crippen molar-refractivity contribution in [3.8, 4) is 0 Å². The number of benzene rings is 2. The van der Waals surface area contributed by atoms with Crippen LogP contribution < -0.4 is 5.32 Å². The Morgan fingerprint density at radius 2 is 1.91 bits per heavy atom. The van der Waals surface area contributed by atoms with Crippen molar-refractivity contribution in [1.29, 1.82) is 0 Å². The normalized spacial score (nSPS) is 17.2. The van der Waals surface area contributed by atoms with Crippen LogP contribution in [0.3, 0.4) is 0 Å². The molecule has 0 aromatic heterocycles. The molecule has 0 aliphatic heterocycles. The number of hydrogen-bond donors (Lipinski definition) is 1. The van der Waals surface area contributed by atoms with Crippen LogP contribution in [-0.4, -0.2) is 5.91 Å². The van der Waals surface area contributed by atoms with E-state index in [9.17, 15) is 9.18 Å². The van der Waals surface area contributed by atoms with E-state index < -0.39 is 5.41 Å². The first-order valence-corrected chi connectivity index (χ1v) is 8.63. The smallest absolute Gasteiger partial charge is 0.231 e. The van der Waals surface area contributed by atoms with Crippen molar-refractivity contribution in [2.45, 2.75) is 37.6 Å². The largest absolute Gasteiger partial charge is 0.349 e. The molecule has 0 saturated heterocycles.